The summed E-state index contributed by atoms with van der Waals surface area (Å²) in [6.07, 6.45) is 15.4. The molecule has 4 aromatic heterocycles. The number of morpholine rings is 1. The number of hydrogen-bond acceptors (Lipinski definition) is 10. The van der Waals surface area contributed by atoms with Crippen molar-refractivity contribution >= 4 is 34.4 Å². The van der Waals surface area contributed by atoms with E-state index >= 15 is 0 Å². The van der Waals surface area contributed by atoms with Crippen LogP contribution in [-0.4, -0.2) is 83.8 Å². The Morgan fingerprint density at radius 3 is 2.56 bits per heavy atom. The molecular formula is C47H57F2N9O6. The summed E-state index contributed by atoms with van der Waals surface area (Å²) in [5, 5.41) is 9.23. The number of ether oxygens (including phenoxy) is 1. The molecule has 1 unspecified atom stereocenters. The van der Waals surface area contributed by atoms with Crippen LogP contribution in [-0.2, 0) is 34.2 Å². The van der Waals surface area contributed by atoms with Gasteiger partial charge in [0.15, 0.2) is 11.4 Å². The normalized spacial score (nSPS) is 22.1. The molecule has 2 N–H and O–H groups in total. The number of nitrogens with one attached hydrogen (secondary N) is 2. The lowest BCUT2D eigenvalue weighted by Crippen LogP contribution is -2.44. The van der Waals surface area contributed by atoms with Gasteiger partial charge in [-0.1, -0.05) is 31.7 Å². The second-order valence-corrected chi connectivity index (χ2v) is 18.2. The molecule has 0 radical (unpaired) electrons. The predicted octanol–water partition coefficient (Wildman–Crippen LogP) is 7.33. The second kappa shape index (κ2) is 19.3. The lowest BCUT2D eigenvalue weighted by molar-refractivity contribution is -0.135. The average molecular weight is 882 g/mol. The largest absolute Gasteiger partial charge is 0.444 e. The van der Waals surface area contributed by atoms with Crippen molar-refractivity contribution in [2.45, 2.75) is 121 Å². The van der Waals surface area contributed by atoms with Gasteiger partial charge in [0.05, 0.1) is 35.5 Å². The van der Waals surface area contributed by atoms with Crippen molar-refractivity contribution in [2.75, 3.05) is 31.6 Å². The third kappa shape index (κ3) is 10.0. The number of amides is 3. The quantitative estimate of drug-likeness (QED) is 0.0902. The number of oxazole rings is 1. The molecule has 6 heterocycles. The minimum Gasteiger partial charge on any atom is -0.444 e. The molecule has 4 aliphatic rings. The van der Waals surface area contributed by atoms with Gasteiger partial charge in [-0.15, -0.1) is 0 Å². The fourth-order valence-corrected chi connectivity index (χ4v) is 9.84. The summed E-state index contributed by atoms with van der Waals surface area (Å²) < 4.78 is 44.9. The van der Waals surface area contributed by atoms with Gasteiger partial charge in [-0.05, 0) is 112 Å². The molecule has 3 amide bonds. The predicted molar refractivity (Wildman–Crippen MR) is 234 cm³/mol. The molecule has 15 nitrogen and oxygen atoms in total. The van der Waals surface area contributed by atoms with Crippen molar-refractivity contribution < 1.29 is 32.3 Å². The van der Waals surface area contributed by atoms with Crippen molar-refractivity contribution in [1.82, 2.24) is 39.1 Å². The Kier molecular flexibility index (Phi) is 13.2. The van der Waals surface area contributed by atoms with Crippen LogP contribution in [0.1, 0.15) is 129 Å². The van der Waals surface area contributed by atoms with E-state index in [2.05, 4.69) is 30.6 Å². The van der Waals surface area contributed by atoms with Crippen LogP contribution in [0, 0.1) is 11.8 Å². The van der Waals surface area contributed by atoms with E-state index in [-0.39, 0.29) is 47.4 Å². The minimum atomic E-state index is -2.86. The monoisotopic (exact) mass is 881 g/mol. The van der Waals surface area contributed by atoms with Crippen LogP contribution >= 0.6 is 0 Å². The number of halogens is 2. The third-order valence-electron chi connectivity index (χ3n) is 13.7. The Hall–Kier alpha value is -5.55. The number of rotatable bonds is 17. The first-order chi connectivity index (χ1) is 31.1. The maximum Gasteiger partial charge on any atom is 0.329 e. The van der Waals surface area contributed by atoms with Crippen LogP contribution in [0.15, 0.2) is 58.2 Å². The Balaban J connectivity index is 0.707. The number of aryl methyl sites for hydroxylation is 3. The number of piperidine rings is 1. The van der Waals surface area contributed by atoms with Crippen LogP contribution in [0.3, 0.4) is 0 Å². The Morgan fingerprint density at radius 1 is 0.953 bits per heavy atom. The zero-order valence-corrected chi connectivity index (χ0v) is 36.4. The number of aromatic nitrogens is 6. The van der Waals surface area contributed by atoms with Crippen LogP contribution in [0.5, 0.6) is 0 Å². The van der Waals surface area contributed by atoms with Crippen LogP contribution in [0.25, 0.3) is 22.5 Å². The molecule has 9 rings (SSSR count). The number of carbonyl (C=O) groups excluding carboxylic acids is 3. The van der Waals surface area contributed by atoms with Gasteiger partial charge in [0.1, 0.15) is 12.3 Å². The van der Waals surface area contributed by atoms with Gasteiger partial charge in [-0.25, -0.2) is 18.6 Å². The number of fused-ring (bicyclic) bond motifs is 1. The maximum atomic E-state index is 14.2. The summed E-state index contributed by atoms with van der Waals surface area (Å²) in [4.78, 5) is 61.9. The molecule has 17 heteroatoms. The molecule has 64 heavy (non-hydrogen) atoms. The van der Waals surface area contributed by atoms with E-state index in [9.17, 15) is 28.0 Å². The lowest BCUT2D eigenvalue weighted by atomic mass is 9.83. The van der Waals surface area contributed by atoms with E-state index in [1.807, 2.05) is 24.3 Å². The highest BCUT2D eigenvalue weighted by atomic mass is 19.3. The van der Waals surface area contributed by atoms with E-state index in [0.717, 1.165) is 113 Å². The number of imide groups is 1. The van der Waals surface area contributed by atoms with Crippen molar-refractivity contribution in [2.24, 2.45) is 18.9 Å². The average Bonchev–Trinajstić information content (AvgIpc) is 3.71. The van der Waals surface area contributed by atoms with Crippen LogP contribution in [0.2, 0.25) is 0 Å². The van der Waals surface area contributed by atoms with Gasteiger partial charge in [0.2, 0.25) is 17.7 Å². The first kappa shape index (κ1) is 43.7. The number of anilines is 1. The van der Waals surface area contributed by atoms with E-state index in [1.54, 1.807) is 28.6 Å². The van der Waals surface area contributed by atoms with Crippen LogP contribution < -0.4 is 16.3 Å². The molecule has 340 valence electrons. The molecule has 1 aromatic carbocycles. The highest BCUT2D eigenvalue weighted by Gasteiger charge is 2.32. The first-order valence-electron chi connectivity index (χ1n) is 23.0. The third-order valence-corrected chi connectivity index (χ3v) is 13.7. The minimum absolute atomic E-state index is 0.00501. The molecule has 2 saturated carbocycles. The Labute approximate surface area is 369 Å². The van der Waals surface area contributed by atoms with E-state index < -0.39 is 30.0 Å². The zero-order chi connectivity index (χ0) is 44.3. The molecule has 4 fully saturated rings. The molecule has 2 aliphatic heterocycles. The number of hydrogen-bond donors (Lipinski definition) is 2. The Bertz CT molecular complexity index is 2530. The van der Waals surface area contributed by atoms with Crippen molar-refractivity contribution in [3.8, 4) is 11.5 Å². The fraction of sp³-hybridized carbons (Fsp3) is 0.553. The van der Waals surface area contributed by atoms with Gasteiger partial charge < -0.3 is 14.5 Å². The summed E-state index contributed by atoms with van der Waals surface area (Å²) in [6, 6.07) is 8.94. The molecule has 2 aliphatic carbocycles. The molecule has 0 spiro atoms. The number of imidazole rings is 1. The van der Waals surface area contributed by atoms with Crippen molar-refractivity contribution in [3.05, 3.63) is 82.1 Å². The highest BCUT2D eigenvalue weighted by molar-refractivity contribution is 6.03. The SMILES string of the molecule is Cn1c(=O)n(C2CCC(=O)NC2=O)c2ccc(CCCN3CCO[C@H](CCCC4CCC(n5cc(NC(=O)c6coc(-c7ccnc(CCC8CC8)c7)n6)c(C(F)F)n5)CC4)C3)cc21. The molecule has 0 bridgehead atoms. The summed E-state index contributed by atoms with van der Waals surface area (Å²) in [5.41, 5.74) is 3.50. The second-order valence-electron chi connectivity index (χ2n) is 18.2. The van der Waals surface area contributed by atoms with Crippen LogP contribution in [0.4, 0.5) is 14.5 Å². The number of nitrogens with zero attached hydrogens (tertiary/aromatic N) is 7. The number of alkyl halides is 2. The summed E-state index contributed by atoms with van der Waals surface area (Å²) in [5.74, 6) is 0.222. The van der Waals surface area contributed by atoms with Gasteiger partial charge in [-0.3, -0.25) is 43.4 Å². The number of benzene rings is 1. The molecule has 2 atom stereocenters. The van der Waals surface area contributed by atoms with Gasteiger partial charge in [0, 0.05) is 50.2 Å². The number of pyridine rings is 1. The highest BCUT2D eigenvalue weighted by Crippen LogP contribution is 2.37. The lowest BCUT2D eigenvalue weighted by Gasteiger charge is -2.33. The van der Waals surface area contributed by atoms with Gasteiger partial charge >= 0.3 is 5.69 Å². The Morgan fingerprint density at radius 2 is 1.77 bits per heavy atom. The summed E-state index contributed by atoms with van der Waals surface area (Å²) >= 11 is 0. The summed E-state index contributed by atoms with van der Waals surface area (Å²) in [6.45, 7) is 3.43. The van der Waals surface area contributed by atoms with E-state index in [4.69, 9.17) is 9.15 Å². The van der Waals surface area contributed by atoms with Gasteiger partial charge in [0.25, 0.3) is 12.3 Å². The van der Waals surface area contributed by atoms with E-state index in [0.29, 0.717) is 30.0 Å². The first-order valence-corrected chi connectivity index (χ1v) is 23.0. The fourth-order valence-electron chi connectivity index (χ4n) is 9.84. The number of carbonyl (C=O) groups is 3. The molecule has 5 aromatic rings. The van der Waals surface area contributed by atoms with Gasteiger partial charge in [-0.2, -0.15) is 5.10 Å². The van der Waals surface area contributed by atoms with Crippen molar-refractivity contribution in [3.63, 3.8) is 0 Å². The topological polar surface area (TPSA) is 171 Å². The smallest absolute Gasteiger partial charge is 0.329 e. The maximum absolute atomic E-state index is 14.2. The zero-order valence-electron chi connectivity index (χ0n) is 36.4. The van der Waals surface area contributed by atoms with Crippen molar-refractivity contribution in [1.29, 1.82) is 0 Å². The molecule has 2 saturated heterocycles. The van der Waals surface area contributed by atoms with E-state index in [1.165, 1.54) is 29.9 Å². The molecular weight excluding hydrogens is 825 g/mol. The summed E-state index contributed by atoms with van der Waals surface area (Å²) in [7, 11) is 1.72. The standard InChI is InChI=1S/C47H57F2N9O6/c1-55-40-24-31(12-16-38(40)58(47(55)62)39-17-18-41(59)53-45(39)61)5-3-21-56-22-23-63-35(26-56)6-2-4-29-10-14-34(15-11-29)57-27-36(42(54-57)43(48)49)51-44(60)37-28-64-46(52-37)32-19-20-50-33(25-32)13-9-30-7-8-30/h12,16,19-20,24-25,27-30,34-35,39,43H,2-11,13-15,17-18,21-23,26H2,1H3,(H,51,60)(H,53,59,61)/t29?,34?,35-,39?/m1/s1.